The molecule has 6 nitrogen and oxygen atoms in total. The van der Waals surface area contributed by atoms with Crippen molar-refractivity contribution in [1.82, 2.24) is 15.5 Å². The van der Waals surface area contributed by atoms with Crippen LogP contribution in [0.1, 0.15) is 25.6 Å². The summed E-state index contributed by atoms with van der Waals surface area (Å²) in [6, 6.07) is 4.01. The minimum Gasteiger partial charge on any atom is -0.468 e. The third-order valence-electron chi connectivity index (χ3n) is 3.00. The number of nitrogens with zero attached hydrogens (tertiary/aromatic N) is 2. The second kappa shape index (κ2) is 12.7. The fraction of sp³-hybridized carbons (Fsp3) is 0.667. The number of ether oxygens (including phenoxy) is 1. The minimum atomic E-state index is 0. The Balaban J connectivity index is 0.00000441. The lowest BCUT2D eigenvalue weighted by Crippen LogP contribution is -2.39. The van der Waals surface area contributed by atoms with E-state index in [2.05, 4.69) is 27.4 Å². The molecule has 0 aliphatic carbocycles. The van der Waals surface area contributed by atoms with Crippen LogP contribution >= 0.6 is 24.0 Å². The first kappa shape index (κ1) is 21.2. The van der Waals surface area contributed by atoms with E-state index in [1.165, 1.54) is 0 Å². The lowest BCUT2D eigenvalue weighted by molar-refractivity contribution is 0.152. The van der Waals surface area contributed by atoms with Gasteiger partial charge in [-0.25, -0.2) is 0 Å². The first-order valence-electron chi connectivity index (χ1n) is 7.48. The molecule has 1 heterocycles. The Morgan fingerprint density at radius 3 is 2.68 bits per heavy atom. The van der Waals surface area contributed by atoms with Gasteiger partial charge in [0.1, 0.15) is 5.76 Å². The molecule has 22 heavy (non-hydrogen) atoms. The van der Waals surface area contributed by atoms with Crippen LogP contribution in [-0.2, 0) is 4.74 Å². The highest BCUT2D eigenvalue weighted by molar-refractivity contribution is 14.0. The molecule has 0 aliphatic heterocycles. The number of guanidine groups is 1. The van der Waals surface area contributed by atoms with Gasteiger partial charge in [0.15, 0.2) is 5.96 Å². The monoisotopic (exact) mass is 424 g/mol. The molecule has 0 bridgehead atoms. The Hall–Kier alpha value is -0.800. The first-order valence-corrected chi connectivity index (χ1v) is 7.48. The Bertz CT molecular complexity index is 396. The van der Waals surface area contributed by atoms with Gasteiger partial charge in [-0.2, -0.15) is 0 Å². The molecule has 1 aromatic rings. The summed E-state index contributed by atoms with van der Waals surface area (Å²) in [6.07, 6.45) is 1.70. The average molecular weight is 424 g/mol. The number of furan rings is 1. The van der Waals surface area contributed by atoms with Gasteiger partial charge in [0.2, 0.25) is 0 Å². The molecule has 0 amide bonds. The van der Waals surface area contributed by atoms with Crippen LogP contribution in [0.5, 0.6) is 0 Å². The summed E-state index contributed by atoms with van der Waals surface area (Å²) in [6.45, 7) is 7.65. The predicted octanol–water partition coefficient (Wildman–Crippen LogP) is 2.09. The van der Waals surface area contributed by atoms with E-state index in [0.717, 1.165) is 31.4 Å². The van der Waals surface area contributed by atoms with Crippen LogP contribution in [0.25, 0.3) is 0 Å². The van der Waals surface area contributed by atoms with Crippen molar-refractivity contribution in [2.24, 2.45) is 4.99 Å². The first-order chi connectivity index (χ1) is 10.2. The zero-order chi connectivity index (χ0) is 15.5. The molecule has 1 unspecified atom stereocenters. The van der Waals surface area contributed by atoms with E-state index in [-0.39, 0.29) is 30.0 Å². The molecule has 0 aromatic carbocycles. The van der Waals surface area contributed by atoms with Crippen molar-refractivity contribution in [2.45, 2.75) is 19.9 Å². The molecule has 0 spiro atoms. The molecule has 0 saturated heterocycles. The van der Waals surface area contributed by atoms with Crippen LogP contribution in [0.15, 0.2) is 27.8 Å². The minimum absolute atomic E-state index is 0. The number of halogens is 1. The lowest BCUT2D eigenvalue weighted by atomic mass is 10.2. The van der Waals surface area contributed by atoms with Gasteiger partial charge in [-0.05, 0) is 40.1 Å². The fourth-order valence-corrected chi connectivity index (χ4v) is 1.89. The van der Waals surface area contributed by atoms with Gasteiger partial charge in [-0.1, -0.05) is 0 Å². The van der Waals surface area contributed by atoms with E-state index in [4.69, 9.17) is 9.15 Å². The molecule has 1 atom stereocenters. The van der Waals surface area contributed by atoms with Gasteiger partial charge in [0, 0.05) is 19.7 Å². The third kappa shape index (κ3) is 8.00. The molecular weight excluding hydrogens is 395 g/mol. The van der Waals surface area contributed by atoms with Crippen LogP contribution in [0.3, 0.4) is 0 Å². The molecule has 0 radical (unpaired) electrons. The summed E-state index contributed by atoms with van der Waals surface area (Å²) >= 11 is 0. The van der Waals surface area contributed by atoms with E-state index in [9.17, 15) is 0 Å². The molecule has 0 saturated carbocycles. The maximum absolute atomic E-state index is 5.49. The van der Waals surface area contributed by atoms with Gasteiger partial charge < -0.3 is 19.8 Å². The van der Waals surface area contributed by atoms with Crippen LogP contribution < -0.4 is 10.6 Å². The quantitative estimate of drug-likeness (QED) is 0.275. The number of likely N-dealkylation sites (N-methyl/N-ethyl adjacent to an activating group) is 1. The summed E-state index contributed by atoms with van der Waals surface area (Å²) in [5.41, 5.74) is 0. The molecule has 128 valence electrons. The summed E-state index contributed by atoms with van der Waals surface area (Å²) in [5.74, 6) is 1.73. The van der Waals surface area contributed by atoms with Crippen LogP contribution in [-0.4, -0.2) is 57.8 Å². The molecule has 2 N–H and O–H groups in total. The van der Waals surface area contributed by atoms with E-state index in [1.54, 1.807) is 6.26 Å². The van der Waals surface area contributed by atoms with Gasteiger partial charge in [0.25, 0.3) is 0 Å². The number of hydrogen-bond donors (Lipinski definition) is 2. The van der Waals surface area contributed by atoms with E-state index in [1.807, 2.05) is 33.2 Å². The second-order valence-electron chi connectivity index (χ2n) is 4.84. The molecule has 0 aliphatic rings. The molecule has 1 aromatic heterocycles. The predicted molar refractivity (Wildman–Crippen MR) is 101 cm³/mol. The highest BCUT2D eigenvalue weighted by Gasteiger charge is 2.16. The van der Waals surface area contributed by atoms with Crippen molar-refractivity contribution in [3.8, 4) is 0 Å². The standard InChI is InChI=1S/C15H28N4O2.HI/c1-5-16-15(17-9-11-20-6-2)18-12-13(19(3)4)14-8-7-10-21-14;/h7-8,10,13H,5-6,9,11-12H2,1-4H3,(H2,16,17,18);1H. The van der Waals surface area contributed by atoms with Crippen molar-refractivity contribution in [3.05, 3.63) is 24.2 Å². The van der Waals surface area contributed by atoms with Gasteiger partial charge in [-0.15, -0.1) is 24.0 Å². The van der Waals surface area contributed by atoms with Gasteiger partial charge in [-0.3, -0.25) is 9.89 Å². The van der Waals surface area contributed by atoms with Gasteiger partial charge >= 0.3 is 0 Å². The van der Waals surface area contributed by atoms with Crippen LogP contribution in [0.2, 0.25) is 0 Å². The van der Waals surface area contributed by atoms with Crippen molar-refractivity contribution in [1.29, 1.82) is 0 Å². The lowest BCUT2D eigenvalue weighted by Gasteiger charge is -2.21. The Morgan fingerprint density at radius 1 is 1.36 bits per heavy atom. The second-order valence-corrected chi connectivity index (χ2v) is 4.84. The third-order valence-corrected chi connectivity index (χ3v) is 3.00. The highest BCUT2D eigenvalue weighted by Crippen LogP contribution is 2.18. The van der Waals surface area contributed by atoms with Crippen molar-refractivity contribution >= 4 is 29.9 Å². The van der Waals surface area contributed by atoms with E-state index >= 15 is 0 Å². The number of rotatable bonds is 9. The average Bonchev–Trinajstić information content (AvgIpc) is 2.97. The zero-order valence-corrected chi connectivity index (χ0v) is 16.3. The Morgan fingerprint density at radius 2 is 2.14 bits per heavy atom. The smallest absolute Gasteiger partial charge is 0.191 e. The van der Waals surface area contributed by atoms with Crippen molar-refractivity contribution in [3.63, 3.8) is 0 Å². The van der Waals surface area contributed by atoms with E-state index in [0.29, 0.717) is 13.2 Å². The van der Waals surface area contributed by atoms with Crippen molar-refractivity contribution < 1.29 is 9.15 Å². The summed E-state index contributed by atoms with van der Waals surface area (Å²) in [5, 5.41) is 6.49. The number of aliphatic imine (C=N–C) groups is 1. The molecular formula is C15H29IN4O2. The van der Waals surface area contributed by atoms with Crippen molar-refractivity contribution in [2.75, 3.05) is 46.9 Å². The maximum Gasteiger partial charge on any atom is 0.191 e. The summed E-state index contributed by atoms with van der Waals surface area (Å²) in [4.78, 5) is 6.73. The molecule has 7 heteroatoms. The largest absolute Gasteiger partial charge is 0.468 e. The maximum atomic E-state index is 5.49. The normalized spacial score (nSPS) is 12.9. The topological polar surface area (TPSA) is 62.0 Å². The Labute approximate surface area is 150 Å². The van der Waals surface area contributed by atoms with Gasteiger partial charge in [0.05, 0.1) is 25.5 Å². The summed E-state index contributed by atoms with van der Waals surface area (Å²) < 4.78 is 10.8. The molecule has 1 rings (SSSR count). The van der Waals surface area contributed by atoms with Crippen LogP contribution in [0, 0.1) is 0 Å². The number of nitrogens with one attached hydrogen (secondary N) is 2. The molecule has 0 fully saturated rings. The number of hydrogen-bond acceptors (Lipinski definition) is 4. The zero-order valence-electron chi connectivity index (χ0n) is 14.0. The van der Waals surface area contributed by atoms with E-state index < -0.39 is 0 Å². The van der Waals surface area contributed by atoms with Crippen LogP contribution in [0.4, 0.5) is 0 Å². The SMILES string of the molecule is CCNC(=NCC(c1ccco1)N(C)C)NCCOCC.I. The summed E-state index contributed by atoms with van der Waals surface area (Å²) in [7, 11) is 4.05. The highest BCUT2D eigenvalue weighted by atomic mass is 127. The Kier molecular flexibility index (Phi) is 12.3. The fourth-order valence-electron chi connectivity index (χ4n) is 1.89.